The molecule has 0 fully saturated rings. The van der Waals surface area contributed by atoms with Crippen LogP contribution in [0.3, 0.4) is 0 Å². The van der Waals surface area contributed by atoms with Gasteiger partial charge in [-0.15, -0.1) is 0 Å². The third-order valence-corrected chi connectivity index (χ3v) is 4.31. The van der Waals surface area contributed by atoms with Crippen LogP contribution < -0.4 is 5.01 Å². The van der Waals surface area contributed by atoms with Crippen LogP contribution in [0.25, 0.3) is 0 Å². The van der Waals surface area contributed by atoms with E-state index >= 15 is 0 Å². The maximum Gasteiger partial charge on any atom is 0.259 e. The second-order valence-corrected chi connectivity index (χ2v) is 6.64. The molecule has 0 spiro atoms. The van der Waals surface area contributed by atoms with Gasteiger partial charge in [-0.05, 0) is 51.0 Å². The van der Waals surface area contributed by atoms with Crippen molar-refractivity contribution >= 4 is 33.5 Å². The number of rotatable bonds is 3. The molecule has 0 N–H and O–H groups in total. The number of aromatic nitrogens is 2. The molecule has 6 heteroatoms. The van der Waals surface area contributed by atoms with Gasteiger partial charge < -0.3 is 0 Å². The number of hydrazone groups is 1. The minimum atomic E-state index is -0.263. The Hall–Kier alpha value is -2.08. The molecule has 1 aromatic carbocycles. The molecule has 1 aliphatic rings. The van der Waals surface area contributed by atoms with E-state index in [9.17, 15) is 4.79 Å². The maximum absolute atomic E-state index is 12.7. The zero-order valence-electron chi connectivity index (χ0n) is 13.2. The first-order valence-electron chi connectivity index (χ1n) is 7.40. The normalized spacial score (nSPS) is 17.6. The highest BCUT2D eigenvalue weighted by molar-refractivity contribution is 9.10. The van der Waals surface area contributed by atoms with E-state index in [-0.39, 0.29) is 11.8 Å². The first kappa shape index (κ1) is 15.8. The summed E-state index contributed by atoms with van der Waals surface area (Å²) in [4.78, 5) is 21.4. The van der Waals surface area contributed by atoms with Crippen molar-refractivity contribution in [3.05, 3.63) is 51.8 Å². The van der Waals surface area contributed by atoms with E-state index in [4.69, 9.17) is 0 Å². The van der Waals surface area contributed by atoms with Gasteiger partial charge in [0.05, 0.1) is 5.92 Å². The third kappa shape index (κ3) is 3.32. The van der Waals surface area contributed by atoms with Crippen molar-refractivity contribution in [3.8, 4) is 0 Å². The lowest BCUT2D eigenvalue weighted by atomic mass is 9.95. The second kappa shape index (κ2) is 6.20. The van der Waals surface area contributed by atoms with Gasteiger partial charge in [-0.3, -0.25) is 4.79 Å². The Balaban J connectivity index is 1.84. The van der Waals surface area contributed by atoms with Crippen LogP contribution in [0.4, 0.5) is 5.95 Å². The number of anilines is 1. The molecule has 1 unspecified atom stereocenters. The zero-order chi connectivity index (χ0) is 16.6. The summed E-state index contributed by atoms with van der Waals surface area (Å²) in [5, 5.41) is 5.72. The molecule has 118 valence electrons. The zero-order valence-corrected chi connectivity index (χ0v) is 14.8. The number of hydrogen-bond acceptors (Lipinski definition) is 4. The molecular weight excluding hydrogens is 356 g/mol. The fraction of sp³-hybridized carbons (Fsp3) is 0.294. The summed E-state index contributed by atoms with van der Waals surface area (Å²) in [6.07, 6.45) is 0.628. The first-order valence-corrected chi connectivity index (χ1v) is 8.19. The average Bonchev–Trinajstić information content (AvgIpc) is 2.76. The predicted octanol–water partition coefficient (Wildman–Crippen LogP) is 3.44. The maximum atomic E-state index is 12.7. The van der Waals surface area contributed by atoms with Gasteiger partial charge in [0.2, 0.25) is 0 Å². The molecule has 0 saturated heterocycles. The van der Waals surface area contributed by atoms with Crippen molar-refractivity contribution in [2.45, 2.75) is 27.2 Å². The summed E-state index contributed by atoms with van der Waals surface area (Å²) in [5.74, 6) is 0.0150. The molecule has 0 aliphatic carbocycles. The molecule has 0 saturated carbocycles. The van der Waals surface area contributed by atoms with Crippen LogP contribution in [0.1, 0.15) is 23.9 Å². The number of nitrogens with zero attached hydrogens (tertiary/aromatic N) is 4. The van der Waals surface area contributed by atoms with Crippen molar-refractivity contribution in [1.29, 1.82) is 0 Å². The lowest BCUT2D eigenvalue weighted by Gasteiger charge is -2.13. The summed E-state index contributed by atoms with van der Waals surface area (Å²) >= 11 is 3.42. The van der Waals surface area contributed by atoms with Gasteiger partial charge in [0.15, 0.2) is 0 Å². The average molecular weight is 373 g/mol. The van der Waals surface area contributed by atoms with Crippen LogP contribution in [0.5, 0.6) is 0 Å². The number of hydrogen-bond donors (Lipinski definition) is 0. The monoisotopic (exact) mass is 372 g/mol. The molecule has 23 heavy (non-hydrogen) atoms. The quantitative estimate of drug-likeness (QED) is 0.828. The minimum Gasteiger partial charge on any atom is -0.272 e. The van der Waals surface area contributed by atoms with Crippen molar-refractivity contribution in [3.63, 3.8) is 0 Å². The van der Waals surface area contributed by atoms with Gasteiger partial charge in [-0.1, -0.05) is 28.1 Å². The number of carbonyl (C=O) groups is 1. The Bertz CT molecular complexity index is 765. The van der Waals surface area contributed by atoms with E-state index in [1.54, 1.807) is 0 Å². The molecular formula is C17H17BrN4O. The van der Waals surface area contributed by atoms with Crippen molar-refractivity contribution in [1.82, 2.24) is 9.97 Å². The van der Waals surface area contributed by atoms with Gasteiger partial charge in [-0.25, -0.2) is 9.97 Å². The van der Waals surface area contributed by atoms with Crippen LogP contribution >= 0.6 is 15.9 Å². The first-order chi connectivity index (χ1) is 10.9. The van der Waals surface area contributed by atoms with Gasteiger partial charge in [-0.2, -0.15) is 10.1 Å². The Labute approximate surface area is 143 Å². The van der Waals surface area contributed by atoms with Crippen LogP contribution in [0.15, 0.2) is 39.9 Å². The Kier molecular flexibility index (Phi) is 4.26. The van der Waals surface area contributed by atoms with E-state index in [2.05, 4.69) is 31.0 Å². The number of halogens is 1. The van der Waals surface area contributed by atoms with E-state index in [1.807, 2.05) is 51.1 Å². The summed E-state index contributed by atoms with van der Waals surface area (Å²) < 4.78 is 1.02. The Morgan fingerprint density at radius 3 is 2.30 bits per heavy atom. The highest BCUT2D eigenvalue weighted by atomic mass is 79.9. The Morgan fingerprint density at radius 2 is 1.70 bits per heavy atom. The van der Waals surface area contributed by atoms with Gasteiger partial charge in [0.25, 0.3) is 11.9 Å². The highest BCUT2D eigenvalue weighted by Gasteiger charge is 2.35. The largest absolute Gasteiger partial charge is 0.272 e. The third-order valence-electron chi connectivity index (χ3n) is 3.78. The number of aryl methyl sites for hydroxylation is 2. The summed E-state index contributed by atoms with van der Waals surface area (Å²) in [5.41, 5.74) is 3.54. The fourth-order valence-electron chi connectivity index (χ4n) is 2.64. The lowest BCUT2D eigenvalue weighted by Crippen LogP contribution is -2.29. The van der Waals surface area contributed by atoms with Crippen molar-refractivity contribution in [2.75, 3.05) is 5.01 Å². The predicted molar refractivity (Wildman–Crippen MR) is 93.4 cm³/mol. The van der Waals surface area contributed by atoms with Crippen LogP contribution in [-0.4, -0.2) is 21.6 Å². The number of carbonyl (C=O) groups excluding carboxylic acids is 1. The van der Waals surface area contributed by atoms with Gasteiger partial charge in [0.1, 0.15) is 0 Å². The molecule has 0 bridgehead atoms. The molecule has 5 nitrogen and oxygen atoms in total. The minimum absolute atomic E-state index is 0.0737. The molecule has 1 aromatic heterocycles. The SMILES string of the molecule is CC1=NN(c2nc(C)cc(C)n2)C(=O)C1Cc1ccc(Br)cc1. The second-order valence-electron chi connectivity index (χ2n) is 5.73. The van der Waals surface area contributed by atoms with Crippen molar-refractivity contribution in [2.24, 2.45) is 11.0 Å². The van der Waals surface area contributed by atoms with E-state index in [0.29, 0.717) is 12.4 Å². The van der Waals surface area contributed by atoms with Gasteiger partial charge in [0, 0.05) is 21.6 Å². The van der Waals surface area contributed by atoms with E-state index < -0.39 is 0 Å². The molecule has 1 amide bonds. The topological polar surface area (TPSA) is 58.5 Å². The number of benzene rings is 1. The van der Waals surface area contributed by atoms with Crippen LogP contribution in [0, 0.1) is 19.8 Å². The molecule has 2 heterocycles. The molecule has 1 aliphatic heterocycles. The fourth-order valence-corrected chi connectivity index (χ4v) is 2.90. The molecule has 2 aromatic rings. The summed E-state index contributed by atoms with van der Waals surface area (Å²) in [6.45, 7) is 5.65. The molecule has 0 radical (unpaired) electrons. The molecule has 1 atom stereocenters. The Morgan fingerprint density at radius 1 is 1.09 bits per heavy atom. The van der Waals surface area contributed by atoms with E-state index in [1.165, 1.54) is 5.01 Å². The van der Waals surface area contributed by atoms with Crippen LogP contribution in [-0.2, 0) is 11.2 Å². The highest BCUT2D eigenvalue weighted by Crippen LogP contribution is 2.24. The summed E-state index contributed by atoms with van der Waals surface area (Å²) in [7, 11) is 0. The number of amides is 1. The summed E-state index contributed by atoms with van der Waals surface area (Å²) in [6, 6.07) is 9.86. The molecule has 3 rings (SSSR count). The van der Waals surface area contributed by atoms with E-state index in [0.717, 1.165) is 27.1 Å². The van der Waals surface area contributed by atoms with Crippen LogP contribution in [0.2, 0.25) is 0 Å². The van der Waals surface area contributed by atoms with Crippen molar-refractivity contribution < 1.29 is 4.79 Å². The standard InChI is InChI=1S/C17H17BrN4O/c1-10-8-11(2)20-17(19-10)22-16(23)15(12(3)21-22)9-13-4-6-14(18)7-5-13/h4-8,15H,9H2,1-3H3. The van der Waals surface area contributed by atoms with Gasteiger partial charge >= 0.3 is 0 Å². The smallest absolute Gasteiger partial charge is 0.259 e. The lowest BCUT2D eigenvalue weighted by molar-refractivity contribution is -0.119.